The normalized spacial score (nSPS) is 10.3. The van der Waals surface area contributed by atoms with E-state index >= 15 is 0 Å². The molecule has 4 heteroatoms. The first-order valence-electron chi connectivity index (χ1n) is 4.75. The minimum absolute atomic E-state index is 0.224. The van der Waals surface area contributed by atoms with Gasteiger partial charge in [0.2, 0.25) is 0 Å². The summed E-state index contributed by atoms with van der Waals surface area (Å²) in [4.78, 5) is 10.3. The van der Waals surface area contributed by atoms with Gasteiger partial charge >= 0.3 is 5.97 Å². The molecule has 15 heavy (non-hydrogen) atoms. The van der Waals surface area contributed by atoms with E-state index in [1.807, 2.05) is 12.1 Å². The highest BCUT2D eigenvalue weighted by Gasteiger charge is 2.01. The highest BCUT2D eigenvalue weighted by Crippen LogP contribution is 2.23. The topological polar surface area (TPSA) is 37.3 Å². The van der Waals surface area contributed by atoms with Gasteiger partial charge in [0.05, 0.1) is 10.0 Å². The molecule has 0 saturated carbocycles. The maximum atomic E-state index is 10.3. The van der Waals surface area contributed by atoms with E-state index in [0.717, 1.165) is 18.4 Å². The van der Waals surface area contributed by atoms with Crippen molar-refractivity contribution >= 4 is 29.2 Å². The van der Waals surface area contributed by atoms with Crippen molar-refractivity contribution < 1.29 is 9.90 Å². The number of halogens is 2. The molecule has 0 aromatic heterocycles. The molecular formula is C11H12Cl2O2. The molecule has 0 unspecified atom stereocenters. The Bertz CT molecular complexity index is 350. The van der Waals surface area contributed by atoms with Crippen molar-refractivity contribution in [2.24, 2.45) is 0 Å². The molecule has 0 aliphatic carbocycles. The van der Waals surface area contributed by atoms with Crippen molar-refractivity contribution in [1.82, 2.24) is 0 Å². The number of benzene rings is 1. The van der Waals surface area contributed by atoms with Crippen LogP contribution in [-0.2, 0) is 11.2 Å². The second-order valence-corrected chi connectivity index (χ2v) is 4.16. The van der Waals surface area contributed by atoms with Crippen LogP contribution in [0.3, 0.4) is 0 Å². The summed E-state index contributed by atoms with van der Waals surface area (Å²) in [5, 5.41) is 9.55. The zero-order valence-corrected chi connectivity index (χ0v) is 9.68. The number of aliphatic carboxylic acids is 1. The van der Waals surface area contributed by atoms with Crippen LogP contribution in [0, 0.1) is 0 Å². The van der Waals surface area contributed by atoms with Crippen LogP contribution in [0.4, 0.5) is 0 Å². The average Bonchev–Trinajstić information content (AvgIpc) is 2.18. The molecule has 0 bridgehead atoms. The third-order valence-corrected chi connectivity index (χ3v) is 2.83. The smallest absolute Gasteiger partial charge is 0.303 e. The first-order chi connectivity index (χ1) is 7.09. The van der Waals surface area contributed by atoms with Crippen molar-refractivity contribution in [2.45, 2.75) is 25.7 Å². The molecule has 1 aromatic carbocycles. The van der Waals surface area contributed by atoms with E-state index in [1.165, 1.54) is 0 Å². The predicted octanol–water partition coefficient (Wildman–Crippen LogP) is 3.79. The van der Waals surface area contributed by atoms with Gasteiger partial charge < -0.3 is 5.11 Å². The van der Waals surface area contributed by atoms with E-state index in [2.05, 4.69) is 0 Å². The van der Waals surface area contributed by atoms with Crippen molar-refractivity contribution in [3.05, 3.63) is 33.8 Å². The van der Waals surface area contributed by atoms with Crippen LogP contribution < -0.4 is 0 Å². The highest BCUT2D eigenvalue weighted by molar-refractivity contribution is 6.42. The molecule has 82 valence electrons. The monoisotopic (exact) mass is 246 g/mol. The molecule has 1 N–H and O–H groups in total. The summed E-state index contributed by atoms with van der Waals surface area (Å²) in [6.07, 6.45) is 2.60. The van der Waals surface area contributed by atoms with E-state index in [4.69, 9.17) is 28.3 Å². The van der Waals surface area contributed by atoms with E-state index in [0.29, 0.717) is 16.5 Å². The van der Waals surface area contributed by atoms with Crippen LogP contribution in [0.5, 0.6) is 0 Å². The average molecular weight is 247 g/mol. The molecule has 0 heterocycles. The standard InChI is InChI=1S/C11H12Cl2O2/c12-9-6-5-8(7-10(9)13)3-1-2-4-11(14)15/h5-7H,1-4H2,(H,14,15). The molecule has 0 aliphatic heterocycles. The fourth-order valence-electron chi connectivity index (χ4n) is 1.30. The molecular weight excluding hydrogens is 235 g/mol. The lowest BCUT2D eigenvalue weighted by Gasteiger charge is -2.02. The zero-order valence-electron chi connectivity index (χ0n) is 8.17. The van der Waals surface area contributed by atoms with Gasteiger partial charge in [0.1, 0.15) is 0 Å². The number of rotatable bonds is 5. The largest absolute Gasteiger partial charge is 0.481 e. The van der Waals surface area contributed by atoms with Gasteiger partial charge in [-0.05, 0) is 37.0 Å². The van der Waals surface area contributed by atoms with Gasteiger partial charge in [0.15, 0.2) is 0 Å². The predicted molar refractivity (Wildman–Crippen MR) is 61.7 cm³/mol. The first-order valence-corrected chi connectivity index (χ1v) is 5.51. The van der Waals surface area contributed by atoms with Gasteiger partial charge in [-0.1, -0.05) is 29.3 Å². The van der Waals surface area contributed by atoms with Crippen LogP contribution in [0.1, 0.15) is 24.8 Å². The molecule has 0 atom stereocenters. The Balaban J connectivity index is 2.38. The Hall–Kier alpha value is -0.730. The number of hydrogen-bond acceptors (Lipinski definition) is 1. The quantitative estimate of drug-likeness (QED) is 0.803. The Labute approximate surface area is 98.8 Å². The zero-order chi connectivity index (χ0) is 11.3. The van der Waals surface area contributed by atoms with Gasteiger partial charge in [-0.3, -0.25) is 4.79 Å². The molecule has 0 aliphatic rings. The summed E-state index contributed by atoms with van der Waals surface area (Å²) in [5.74, 6) is -0.746. The second kappa shape index (κ2) is 5.99. The first kappa shape index (κ1) is 12.3. The van der Waals surface area contributed by atoms with Crippen molar-refractivity contribution in [3.63, 3.8) is 0 Å². The van der Waals surface area contributed by atoms with Crippen molar-refractivity contribution in [3.8, 4) is 0 Å². The highest BCUT2D eigenvalue weighted by atomic mass is 35.5. The van der Waals surface area contributed by atoms with Crippen LogP contribution in [0.2, 0.25) is 10.0 Å². The van der Waals surface area contributed by atoms with Crippen molar-refractivity contribution in [2.75, 3.05) is 0 Å². The van der Waals surface area contributed by atoms with Crippen LogP contribution in [-0.4, -0.2) is 11.1 Å². The summed E-state index contributed by atoms with van der Waals surface area (Å²) in [6.45, 7) is 0. The van der Waals surface area contributed by atoms with Crippen LogP contribution in [0.15, 0.2) is 18.2 Å². The van der Waals surface area contributed by atoms with Gasteiger partial charge in [0, 0.05) is 6.42 Å². The second-order valence-electron chi connectivity index (χ2n) is 3.35. The van der Waals surface area contributed by atoms with E-state index < -0.39 is 5.97 Å². The minimum Gasteiger partial charge on any atom is -0.481 e. The Morgan fingerprint density at radius 1 is 1.20 bits per heavy atom. The third-order valence-electron chi connectivity index (χ3n) is 2.09. The number of unbranched alkanes of at least 4 members (excludes halogenated alkanes) is 1. The SMILES string of the molecule is O=C(O)CCCCc1ccc(Cl)c(Cl)c1. The molecule has 0 saturated heterocycles. The van der Waals surface area contributed by atoms with Gasteiger partial charge in [-0.2, -0.15) is 0 Å². The summed E-state index contributed by atoms with van der Waals surface area (Å²) in [7, 11) is 0. The lowest BCUT2D eigenvalue weighted by Crippen LogP contribution is -1.94. The number of carbonyl (C=O) groups is 1. The number of hydrogen-bond donors (Lipinski definition) is 1. The Morgan fingerprint density at radius 3 is 2.53 bits per heavy atom. The summed E-state index contributed by atoms with van der Waals surface area (Å²) >= 11 is 11.6. The summed E-state index contributed by atoms with van der Waals surface area (Å²) in [6, 6.07) is 5.50. The number of aryl methyl sites for hydroxylation is 1. The summed E-state index contributed by atoms with van der Waals surface area (Å²) in [5.41, 5.74) is 1.09. The van der Waals surface area contributed by atoms with E-state index in [1.54, 1.807) is 6.07 Å². The maximum Gasteiger partial charge on any atom is 0.303 e. The fraction of sp³-hybridized carbons (Fsp3) is 0.364. The Kier molecular flexibility index (Phi) is 4.92. The van der Waals surface area contributed by atoms with E-state index in [9.17, 15) is 4.79 Å². The molecule has 1 rings (SSSR count). The van der Waals surface area contributed by atoms with Crippen LogP contribution >= 0.6 is 23.2 Å². The molecule has 1 aromatic rings. The Morgan fingerprint density at radius 2 is 1.93 bits per heavy atom. The molecule has 0 spiro atoms. The minimum atomic E-state index is -0.746. The van der Waals surface area contributed by atoms with Gasteiger partial charge in [-0.25, -0.2) is 0 Å². The summed E-state index contributed by atoms with van der Waals surface area (Å²) < 4.78 is 0. The van der Waals surface area contributed by atoms with Crippen LogP contribution in [0.25, 0.3) is 0 Å². The maximum absolute atomic E-state index is 10.3. The molecule has 0 radical (unpaired) electrons. The lowest BCUT2D eigenvalue weighted by atomic mass is 10.1. The lowest BCUT2D eigenvalue weighted by molar-refractivity contribution is -0.137. The molecule has 0 fully saturated rings. The number of carboxylic acids is 1. The number of carboxylic acid groups (broad SMARTS) is 1. The van der Waals surface area contributed by atoms with Gasteiger partial charge in [0.25, 0.3) is 0 Å². The van der Waals surface area contributed by atoms with E-state index in [-0.39, 0.29) is 6.42 Å². The molecule has 0 amide bonds. The molecule has 2 nitrogen and oxygen atoms in total. The van der Waals surface area contributed by atoms with Gasteiger partial charge in [-0.15, -0.1) is 0 Å². The van der Waals surface area contributed by atoms with Crippen molar-refractivity contribution in [1.29, 1.82) is 0 Å². The third kappa shape index (κ3) is 4.54. The fourth-order valence-corrected chi connectivity index (χ4v) is 1.62.